The van der Waals surface area contributed by atoms with Crippen molar-refractivity contribution in [2.75, 3.05) is 26.9 Å². The Labute approximate surface area is 96.1 Å². The van der Waals surface area contributed by atoms with Crippen LogP contribution in [0.1, 0.15) is 25.7 Å². The van der Waals surface area contributed by atoms with Gasteiger partial charge in [0.05, 0.1) is 19.3 Å². The smallest absolute Gasteiger partial charge is 0.246 e. The molecule has 0 aromatic heterocycles. The lowest BCUT2D eigenvalue weighted by Crippen LogP contribution is -2.40. The van der Waals surface area contributed by atoms with E-state index in [0.717, 1.165) is 25.7 Å². The number of nitrogens with one attached hydrogen (secondary N) is 1. The fourth-order valence-corrected chi connectivity index (χ4v) is 1.80. The lowest BCUT2D eigenvalue weighted by Gasteiger charge is -2.26. The van der Waals surface area contributed by atoms with Crippen molar-refractivity contribution >= 4 is 5.91 Å². The molecular weight excluding hydrogens is 210 g/mol. The van der Waals surface area contributed by atoms with Crippen LogP contribution in [0.25, 0.3) is 0 Å². The van der Waals surface area contributed by atoms with Crippen molar-refractivity contribution in [3.63, 3.8) is 0 Å². The van der Waals surface area contributed by atoms with E-state index in [4.69, 9.17) is 9.47 Å². The number of hydrogen-bond donors (Lipinski definition) is 2. The lowest BCUT2D eigenvalue weighted by molar-refractivity contribution is -0.127. The predicted molar refractivity (Wildman–Crippen MR) is 59.1 cm³/mol. The first-order valence-electron chi connectivity index (χ1n) is 5.76. The Hall–Kier alpha value is -0.650. The van der Waals surface area contributed by atoms with E-state index < -0.39 is 0 Å². The van der Waals surface area contributed by atoms with Gasteiger partial charge in [0.2, 0.25) is 5.91 Å². The fourth-order valence-electron chi connectivity index (χ4n) is 1.80. The summed E-state index contributed by atoms with van der Waals surface area (Å²) in [4.78, 5) is 11.4. The van der Waals surface area contributed by atoms with Crippen LogP contribution in [-0.2, 0) is 14.3 Å². The molecule has 1 fully saturated rings. The van der Waals surface area contributed by atoms with E-state index in [-0.39, 0.29) is 24.7 Å². The van der Waals surface area contributed by atoms with Gasteiger partial charge in [-0.25, -0.2) is 0 Å². The minimum absolute atomic E-state index is 0.0857. The molecule has 16 heavy (non-hydrogen) atoms. The quantitative estimate of drug-likeness (QED) is 0.635. The van der Waals surface area contributed by atoms with E-state index >= 15 is 0 Å². The molecule has 0 saturated heterocycles. The zero-order valence-electron chi connectivity index (χ0n) is 9.78. The summed E-state index contributed by atoms with van der Waals surface area (Å²) in [5.74, 6) is -0.0857. The Bertz CT molecular complexity index is 202. The van der Waals surface area contributed by atoms with Crippen LogP contribution in [0, 0.1) is 0 Å². The molecule has 5 heteroatoms. The van der Waals surface area contributed by atoms with Crippen LogP contribution in [-0.4, -0.2) is 50.1 Å². The van der Waals surface area contributed by atoms with Gasteiger partial charge in [-0.3, -0.25) is 4.79 Å². The molecule has 1 aliphatic carbocycles. The van der Waals surface area contributed by atoms with Gasteiger partial charge in [-0.05, 0) is 25.7 Å². The Balaban J connectivity index is 2.05. The van der Waals surface area contributed by atoms with Gasteiger partial charge < -0.3 is 19.9 Å². The highest BCUT2D eigenvalue weighted by atomic mass is 16.5. The number of aliphatic hydroxyl groups excluding tert-OH is 1. The van der Waals surface area contributed by atoms with Gasteiger partial charge in [0.25, 0.3) is 0 Å². The zero-order valence-corrected chi connectivity index (χ0v) is 9.78. The van der Waals surface area contributed by atoms with E-state index in [0.29, 0.717) is 13.2 Å². The van der Waals surface area contributed by atoms with Gasteiger partial charge in [-0.15, -0.1) is 0 Å². The van der Waals surface area contributed by atoms with E-state index in [1.54, 1.807) is 7.11 Å². The SMILES string of the molecule is COCCOCC(=O)NC1CCC(O)CC1. The number of amides is 1. The van der Waals surface area contributed by atoms with Gasteiger partial charge in [-0.1, -0.05) is 0 Å². The van der Waals surface area contributed by atoms with Crippen LogP contribution in [0.5, 0.6) is 0 Å². The van der Waals surface area contributed by atoms with Crippen LogP contribution < -0.4 is 5.32 Å². The maximum atomic E-state index is 11.4. The first-order valence-corrected chi connectivity index (χ1v) is 5.76. The summed E-state index contributed by atoms with van der Waals surface area (Å²) < 4.78 is 9.91. The molecule has 0 bridgehead atoms. The summed E-state index contributed by atoms with van der Waals surface area (Å²) >= 11 is 0. The normalized spacial score (nSPS) is 25.4. The molecule has 1 amide bonds. The number of aliphatic hydroxyl groups is 1. The number of carbonyl (C=O) groups is 1. The molecule has 0 radical (unpaired) electrons. The largest absolute Gasteiger partial charge is 0.393 e. The second-order valence-corrected chi connectivity index (χ2v) is 4.12. The molecule has 0 aliphatic heterocycles. The van der Waals surface area contributed by atoms with Crippen molar-refractivity contribution in [3.8, 4) is 0 Å². The van der Waals surface area contributed by atoms with Gasteiger partial charge >= 0.3 is 0 Å². The summed E-state index contributed by atoms with van der Waals surface area (Å²) in [6.45, 7) is 1.03. The average molecular weight is 231 g/mol. The molecule has 0 atom stereocenters. The number of methoxy groups -OCH3 is 1. The maximum absolute atomic E-state index is 11.4. The fraction of sp³-hybridized carbons (Fsp3) is 0.909. The topological polar surface area (TPSA) is 67.8 Å². The third kappa shape index (κ3) is 5.44. The van der Waals surface area contributed by atoms with Crippen LogP contribution in [0.15, 0.2) is 0 Å². The molecular formula is C11H21NO4. The summed E-state index contributed by atoms with van der Waals surface area (Å²) in [6, 6.07) is 0.196. The minimum atomic E-state index is -0.189. The first-order chi connectivity index (χ1) is 7.72. The molecule has 5 nitrogen and oxygen atoms in total. The van der Waals surface area contributed by atoms with Crippen molar-refractivity contribution in [2.45, 2.75) is 37.8 Å². The Morgan fingerprint density at radius 2 is 2.00 bits per heavy atom. The van der Waals surface area contributed by atoms with E-state index in [1.165, 1.54) is 0 Å². The Kier molecular flexibility index (Phi) is 6.37. The summed E-state index contributed by atoms with van der Waals surface area (Å²) in [5.41, 5.74) is 0. The molecule has 1 aliphatic rings. The molecule has 0 unspecified atom stereocenters. The summed E-state index contributed by atoms with van der Waals surface area (Å²) in [5, 5.41) is 12.2. The maximum Gasteiger partial charge on any atom is 0.246 e. The molecule has 0 spiro atoms. The number of carbonyl (C=O) groups excluding carboxylic acids is 1. The standard InChI is InChI=1S/C11H21NO4/c1-15-6-7-16-8-11(14)12-9-2-4-10(13)5-3-9/h9-10,13H,2-8H2,1H3,(H,12,14). The minimum Gasteiger partial charge on any atom is -0.393 e. The summed E-state index contributed by atoms with van der Waals surface area (Å²) in [7, 11) is 1.59. The monoisotopic (exact) mass is 231 g/mol. The number of ether oxygens (including phenoxy) is 2. The first kappa shape index (κ1) is 13.4. The Morgan fingerprint density at radius 1 is 1.31 bits per heavy atom. The molecule has 1 rings (SSSR count). The van der Waals surface area contributed by atoms with Gasteiger partial charge in [0.1, 0.15) is 6.61 Å². The van der Waals surface area contributed by atoms with Crippen molar-refractivity contribution in [3.05, 3.63) is 0 Å². The average Bonchev–Trinajstić information content (AvgIpc) is 2.28. The highest BCUT2D eigenvalue weighted by Gasteiger charge is 2.20. The molecule has 0 aromatic rings. The highest BCUT2D eigenvalue weighted by Crippen LogP contribution is 2.17. The van der Waals surface area contributed by atoms with Gasteiger partial charge in [0.15, 0.2) is 0 Å². The highest BCUT2D eigenvalue weighted by molar-refractivity contribution is 5.77. The van der Waals surface area contributed by atoms with Crippen LogP contribution in [0.2, 0.25) is 0 Å². The van der Waals surface area contributed by atoms with Crippen molar-refractivity contribution in [1.82, 2.24) is 5.32 Å². The molecule has 94 valence electrons. The Morgan fingerprint density at radius 3 is 2.62 bits per heavy atom. The molecule has 2 N–H and O–H groups in total. The molecule has 0 aromatic carbocycles. The summed E-state index contributed by atoms with van der Waals surface area (Å²) in [6.07, 6.45) is 3.06. The van der Waals surface area contributed by atoms with Gasteiger partial charge in [-0.2, -0.15) is 0 Å². The zero-order chi connectivity index (χ0) is 11.8. The van der Waals surface area contributed by atoms with Crippen molar-refractivity contribution in [2.24, 2.45) is 0 Å². The second kappa shape index (κ2) is 7.60. The van der Waals surface area contributed by atoms with Crippen molar-refractivity contribution < 1.29 is 19.4 Å². The lowest BCUT2D eigenvalue weighted by atomic mass is 9.93. The van der Waals surface area contributed by atoms with Crippen LogP contribution in [0.3, 0.4) is 0 Å². The third-order valence-corrected chi connectivity index (χ3v) is 2.73. The van der Waals surface area contributed by atoms with Crippen LogP contribution in [0.4, 0.5) is 0 Å². The molecule has 0 heterocycles. The second-order valence-electron chi connectivity index (χ2n) is 4.12. The van der Waals surface area contributed by atoms with E-state index in [9.17, 15) is 9.90 Å². The number of hydrogen-bond acceptors (Lipinski definition) is 4. The van der Waals surface area contributed by atoms with Crippen LogP contribution >= 0.6 is 0 Å². The van der Waals surface area contributed by atoms with Crippen molar-refractivity contribution in [1.29, 1.82) is 0 Å². The molecule has 1 saturated carbocycles. The predicted octanol–water partition coefficient (Wildman–Crippen LogP) is 0.0691. The van der Waals surface area contributed by atoms with Gasteiger partial charge in [0, 0.05) is 13.2 Å². The number of rotatable bonds is 6. The van der Waals surface area contributed by atoms with E-state index in [2.05, 4.69) is 5.32 Å². The third-order valence-electron chi connectivity index (χ3n) is 2.73. The van der Waals surface area contributed by atoms with E-state index in [1.807, 2.05) is 0 Å².